The fourth-order valence-corrected chi connectivity index (χ4v) is 1.90. The second-order valence-corrected chi connectivity index (χ2v) is 5.87. The van der Waals surface area contributed by atoms with Gasteiger partial charge in [-0.2, -0.15) is 5.26 Å². The van der Waals surface area contributed by atoms with E-state index in [1.54, 1.807) is 25.1 Å². The highest BCUT2D eigenvalue weighted by Crippen LogP contribution is 2.22. The van der Waals surface area contributed by atoms with Gasteiger partial charge in [0.1, 0.15) is 12.1 Å². The normalized spacial score (nSPS) is 12.5. The van der Waals surface area contributed by atoms with Gasteiger partial charge in [-0.25, -0.2) is 4.79 Å². The van der Waals surface area contributed by atoms with Gasteiger partial charge >= 0.3 is 6.03 Å². The number of nitriles is 1. The van der Waals surface area contributed by atoms with Crippen LogP contribution >= 0.6 is 0 Å². The first-order valence-corrected chi connectivity index (χ1v) is 7.87. The zero-order valence-corrected chi connectivity index (χ0v) is 14.8. The van der Waals surface area contributed by atoms with Crippen molar-refractivity contribution in [1.82, 2.24) is 10.6 Å². The Bertz CT molecular complexity index is 636. The summed E-state index contributed by atoms with van der Waals surface area (Å²) < 4.78 is 0. The molecule has 130 valence electrons. The lowest BCUT2D eigenvalue weighted by Gasteiger charge is -2.19. The maximum absolute atomic E-state index is 12.1. The van der Waals surface area contributed by atoms with Crippen LogP contribution in [0.2, 0.25) is 0 Å². The van der Waals surface area contributed by atoms with E-state index in [4.69, 9.17) is 5.26 Å². The Balaban J connectivity index is 2.76. The van der Waals surface area contributed by atoms with E-state index >= 15 is 0 Å². The van der Waals surface area contributed by atoms with E-state index in [0.717, 1.165) is 12.1 Å². The maximum atomic E-state index is 12.1. The molecule has 0 aliphatic carbocycles. The molecule has 7 heteroatoms. The summed E-state index contributed by atoms with van der Waals surface area (Å²) in [5.41, 5.74) is 1.61. The first-order chi connectivity index (χ1) is 11.3. The van der Waals surface area contributed by atoms with Crippen molar-refractivity contribution < 1.29 is 9.59 Å². The van der Waals surface area contributed by atoms with Gasteiger partial charge in [-0.15, -0.1) is 0 Å². The van der Waals surface area contributed by atoms with Crippen molar-refractivity contribution in [2.45, 2.75) is 39.3 Å². The topological polar surface area (TPSA) is 97.3 Å². The molecule has 0 aliphatic heterocycles. The number of hydrogen-bond acceptors (Lipinski definition) is 4. The number of carbonyl (C=O) groups excluding carboxylic acids is 2. The summed E-state index contributed by atoms with van der Waals surface area (Å²) in [5, 5.41) is 17.2. The zero-order chi connectivity index (χ0) is 18.3. The van der Waals surface area contributed by atoms with Crippen LogP contribution < -0.4 is 20.9 Å². The molecule has 0 saturated carbocycles. The predicted octanol–water partition coefficient (Wildman–Crippen LogP) is 2.05. The van der Waals surface area contributed by atoms with Crippen LogP contribution in [0.3, 0.4) is 0 Å². The summed E-state index contributed by atoms with van der Waals surface area (Å²) in [5.74, 6) is -0.248. The number of nitrogens with one attached hydrogen (secondary N) is 3. The van der Waals surface area contributed by atoms with Gasteiger partial charge in [0, 0.05) is 25.8 Å². The lowest BCUT2D eigenvalue weighted by molar-refractivity contribution is -0.123. The molecule has 0 radical (unpaired) electrons. The van der Waals surface area contributed by atoms with Crippen molar-refractivity contribution in [2.24, 2.45) is 0 Å². The molecule has 1 aromatic carbocycles. The van der Waals surface area contributed by atoms with Crippen LogP contribution in [0.25, 0.3) is 0 Å². The Morgan fingerprint density at radius 1 is 1.25 bits per heavy atom. The standard InChI is InChI=1S/C17H25N5O2/c1-6-11(2)19-16(23)12(3)20-17(24)21-15-9-14(22(4)5)8-7-13(15)10-18/h7-9,11-12H,6H2,1-5H3,(H,19,23)(H2,20,21,24)/t11-,12-/m0/s1. The third-order valence-corrected chi connectivity index (χ3v) is 3.63. The fourth-order valence-electron chi connectivity index (χ4n) is 1.90. The lowest BCUT2D eigenvalue weighted by Crippen LogP contribution is -2.48. The molecule has 2 atom stereocenters. The molecule has 0 saturated heterocycles. The fraction of sp³-hybridized carbons (Fsp3) is 0.471. The van der Waals surface area contributed by atoms with E-state index in [1.165, 1.54) is 0 Å². The quantitative estimate of drug-likeness (QED) is 0.743. The molecule has 1 rings (SSSR count). The number of nitrogens with zero attached hydrogens (tertiary/aromatic N) is 2. The molecular formula is C17H25N5O2. The van der Waals surface area contributed by atoms with Crippen LogP contribution in [0.5, 0.6) is 0 Å². The van der Waals surface area contributed by atoms with Crippen molar-refractivity contribution >= 4 is 23.3 Å². The van der Waals surface area contributed by atoms with Gasteiger partial charge in [0.15, 0.2) is 0 Å². The van der Waals surface area contributed by atoms with E-state index in [0.29, 0.717) is 11.3 Å². The van der Waals surface area contributed by atoms with E-state index in [-0.39, 0.29) is 11.9 Å². The number of amides is 3. The first kappa shape index (κ1) is 19.3. The minimum absolute atomic E-state index is 0.0479. The van der Waals surface area contributed by atoms with Crippen LogP contribution in [0.15, 0.2) is 18.2 Å². The van der Waals surface area contributed by atoms with Crippen LogP contribution in [0, 0.1) is 11.3 Å². The molecule has 0 fully saturated rings. The molecule has 1 aromatic rings. The summed E-state index contributed by atoms with van der Waals surface area (Å²) in [6.45, 7) is 5.48. The number of benzene rings is 1. The van der Waals surface area contributed by atoms with Gasteiger partial charge < -0.3 is 20.9 Å². The molecule has 3 N–H and O–H groups in total. The predicted molar refractivity (Wildman–Crippen MR) is 95.0 cm³/mol. The minimum Gasteiger partial charge on any atom is -0.378 e. The molecule has 24 heavy (non-hydrogen) atoms. The molecule has 7 nitrogen and oxygen atoms in total. The van der Waals surface area contributed by atoms with Gasteiger partial charge in [0.05, 0.1) is 11.3 Å². The van der Waals surface area contributed by atoms with Crippen molar-refractivity contribution in [3.05, 3.63) is 23.8 Å². The summed E-state index contributed by atoms with van der Waals surface area (Å²) in [4.78, 5) is 25.9. The minimum atomic E-state index is -0.679. The Hall–Kier alpha value is -2.75. The van der Waals surface area contributed by atoms with Crippen molar-refractivity contribution in [1.29, 1.82) is 5.26 Å². The van der Waals surface area contributed by atoms with E-state index < -0.39 is 12.1 Å². The highest BCUT2D eigenvalue weighted by molar-refractivity contribution is 5.95. The first-order valence-electron chi connectivity index (χ1n) is 7.87. The number of rotatable bonds is 6. The number of anilines is 2. The van der Waals surface area contributed by atoms with Crippen molar-refractivity contribution in [3.63, 3.8) is 0 Å². The summed E-state index contributed by atoms with van der Waals surface area (Å²) in [6.07, 6.45) is 0.813. The number of hydrogen-bond donors (Lipinski definition) is 3. The van der Waals surface area contributed by atoms with Crippen LogP contribution in [0.1, 0.15) is 32.8 Å². The van der Waals surface area contributed by atoms with Gasteiger partial charge in [0.25, 0.3) is 0 Å². The number of urea groups is 1. The van der Waals surface area contributed by atoms with E-state index in [1.807, 2.05) is 38.9 Å². The lowest BCUT2D eigenvalue weighted by atomic mass is 10.1. The van der Waals surface area contributed by atoms with Crippen LogP contribution in [0.4, 0.5) is 16.2 Å². The van der Waals surface area contributed by atoms with Gasteiger partial charge in [-0.3, -0.25) is 4.79 Å². The Labute approximate surface area is 143 Å². The Morgan fingerprint density at radius 3 is 2.46 bits per heavy atom. The molecule has 0 heterocycles. The van der Waals surface area contributed by atoms with Gasteiger partial charge in [-0.05, 0) is 38.5 Å². The molecule has 0 aromatic heterocycles. The zero-order valence-electron chi connectivity index (χ0n) is 14.8. The van der Waals surface area contributed by atoms with E-state index in [2.05, 4.69) is 16.0 Å². The Morgan fingerprint density at radius 2 is 1.92 bits per heavy atom. The monoisotopic (exact) mass is 331 g/mol. The highest BCUT2D eigenvalue weighted by Gasteiger charge is 2.17. The molecular weight excluding hydrogens is 306 g/mol. The smallest absolute Gasteiger partial charge is 0.319 e. The second kappa shape index (κ2) is 8.77. The third kappa shape index (κ3) is 5.47. The average molecular weight is 331 g/mol. The summed E-state index contributed by atoms with van der Waals surface area (Å²) in [6, 6.07) is 6.02. The molecule has 0 spiro atoms. The summed E-state index contributed by atoms with van der Waals surface area (Å²) >= 11 is 0. The SMILES string of the molecule is CC[C@H](C)NC(=O)[C@H](C)NC(=O)Nc1cc(N(C)C)ccc1C#N. The van der Waals surface area contributed by atoms with Crippen LogP contribution in [-0.2, 0) is 4.79 Å². The molecule has 0 bridgehead atoms. The van der Waals surface area contributed by atoms with Gasteiger partial charge in [0.2, 0.25) is 5.91 Å². The molecule has 0 unspecified atom stereocenters. The third-order valence-electron chi connectivity index (χ3n) is 3.63. The largest absolute Gasteiger partial charge is 0.378 e. The highest BCUT2D eigenvalue weighted by atomic mass is 16.2. The second-order valence-electron chi connectivity index (χ2n) is 5.87. The Kier molecular flexibility index (Phi) is 7.05. The van der Waals surface area contributed by atoms with Crippen LogP contribution in [-0.4, -0.2) is 38.1 Å². The molecule has 0 aliphatic rings. The van der Waals surface area contributed by atoms with E-state index in [9.17, 15) is 9.59 Å². The van der Waals surface area contributed by atoms with Crippen molar-refractivity contribution in [2.75, 3.05) is 24.3 Å². The molecule has 3 amide bonds. The summed E-state index contributed by atoms with van der Waals surface area (Å²) in [7, 11) is 3.74. The van der Waals surface area contributed by atoms with Crippen molar-refractivity contribution in [3.8, 4) is 6.07 Å². The maximum Gasteiger partial charge on any atom is 0.319 e. The average Bonchev–Trinajstić information content (AvgIpc) is 2.54. The van der Waals surface area contributed by atoms with Gasteiger partial charge in [-0.1, -0.05) is 6.92 Å². The number of carbonyl (C=O) groups is 2.